The van der Waals surface area contributed by atoms with E-state index in [2.05, 4.69) is 0 Å². The minimum Gasteiger partial charge on any atom is -0.481 e. The number of carbonyl (C=O) groups is 1. The maximum atomic E-state index is 13.5. The van der Waals surface area contributed by atoms with E-state index in [9.17, 15) is 14.3 Å². The minimum atomic E-state index is -1.42. The average Bonchev–Trinajstić information content (AvgIpc) is 2.20. The molecule has 0 saturated heterocycles. The van der Waals surface area contributed by atoms with Crippen LogP contribution in [-0.4, -0.2) is 16.2 Å². The van der Waals surface area contributed by atoms with Crippen LogP contribution in [0, 0.1) is 18.2 Å². The first-order valence-corrected chi connectivity index (χ1v) is 4.94. The van der Waals surface area contributed by atoms with Crippen LogP contribution in [0.15, 0.2) is 18.2 Å². The van der Waals surface area contributed by atoms with Crippen LogP contribution in [0.25, 0.3) is 0 Å². The van der Waals surface area contributed by atoms with Gasteiger partial charge in [-0.2, -0.15) is 0 Å². The van der Waals surface area contributed by atoms with Gasteiger partial charge in [0.2, 0.25) is 0 Å². The number of aliphatic hydroxyl groups excluding tert-OH is 1. The lowest BCUT2D eigenvalue weighted by Crippen LogP contribution is -2.31. The van der Waals surface area contributed by atoms with Gasteiger partial charge in [-0.05, 0) is 26.8 Å². The van der Waals surface area contributed by atoms with Crippen LogP contribution < -0.4 is 0 Å². The maximum Gasteiger partial charge on any atom is 0.312 e. The molecule has 0 heterocycles. The smallest absolute Gasteiger partial charge is 0.312 e. The quantitative estimate of drug-likeness (QED) is 0.831. The van der Waals surface area contributed by atoms with Crippen molar-refractivity contribution in [2.75, 3.05) is 0 Å². The third-order valence-electron chi connectivity index (χ3n) is 2.68. The van der Waals surface area contributed by atoms with Gasteiger partial charge in [-0.25, -0.2) is 4.39 Å². The van der Waals surface area contributed by atoms with Gasteiger partial charge in [0, 0.05) is 5.56 Å². The van der Waals surface area contributed by atoms with E-state index in [1.165, 1.54) is 26.0 Å². The Hall–Kier alpha value is -1.42. The zero-order valence-corrected chi connectivity index (χ0v) is 9.49. The molecule has 0 aromatic heterocycles. The fourth-order valence-corrected chi connectivity index (χ4v) is 1.38. The molecule has 0 bridgehead atoms. The molecule has 2 N–H and O–H groups in total. The average molecular weight is 226 g/mol. The van der Waals surface area contributed by atoms with Gasteiger partial charge in [-0.1, -0.05) is 17.7 Å². The molecule has 1 rings (SSSR count). The van der Waals surface area contributed by atoms with Crippen LogP contribution in [0.2, 0.25) is 0 Å². The van der Waals surface area contributed by atoms with Crippen molar-refractivity contribution in [3.8, 4) is 0 Å². The molecular formula is C12H15FO3. The summed E-state index contributed by atoms with van der Waals surface area (Å²) in [7, 11) is 0. The largest absolute Gasteiger partial charge is 0.481 e. The third kappa shape index (κ3) is 2.22. The van der Waals surface area contributed by atoms with Gasteiger partial charge in [-0.3, -0.25) is 4.79 Å². The molecule has 0 aliphatic carbocycles. The summed E-state index contributed by atoms with van der Waals surface area (Å²) in [6.07, 6.45) is -1.37. The number of benzene rings is 1. The molecule has 1 unspecified atom stereocenters. The van der Waals surface area contributed by atoms with Crippen LogP contribution in [0.4, 0.5) is 4.39 Å². The molecule has 4 heteroatoms. The molecular weight excluding hydrogens is 211 g/mol. The Balaban J connectivity index is 3.19. The summed E-state index contributed by atoms with van der Waals surface area (Å²) in [6, 6.07) is 4.26. The van der Waals surface area contributed by atoms with Crippen molar-refractivity contribution in [3.63, 3.8) is 0 Å². The number of hydrogen-bond acceptors (Lipinski definition) is 2. The van der Waals surface area contributed by atoms with E-state index in [1.807, 2.05) is 0 Å². The van der Waals surface area contributed by atoms with Crippen LogP contribution in [0.3, 0.4) is 0 Å². The van der Waals surface area contributed by atoms with Gasteiger partial charge in [0.1, 0.15) is 5.82 Å². The summed E-state index contributed by atoms with van der Waals surface area (Å²) in [5.41, 5.74) is -0.627. The van der Waals surface area contributed by atoms with Crippen molar-refractivity contribution in [1.82, 2.24) is 0 Å². The summed E-state index contributed by atoms with van der Waals surface area (Å²) in [5.74, 6) is -1.76. The molecule has 88 valence electrons. The lowest BCUT2D eigenvalue weighted by Gasteiger charge is -2.26. The van der Waals surface area contributed by atoms with Crippen molar-refractivity contribution >= 4 is 5.97 Å². The highest BCUT2D eigenvalue weighted by molar-refractivity contribution is 5.74. The highest BCUT2D eigenvalue weighted by Crippen LogP contribution is 2.35. The van der Waals surface area contributed by atoms with E-state index in [1.54, 1.807) is 13.0 Å². The number of carboxylic acids is 1. The summed E-state index contributed by atoms with van der Waals surface area (Å²) in [6.45, 7) is 4.48. The second-order valence-electron chi connectivity index (χ2n) is 4.45. The molecule has 1 aromatic rings. The van der Waals surface area contributed by atoms with Crippen LogP contribution >= 0.6 is 0 Å². The van der Waals surface area contributed by atoms with Crippen molar-refractivity contribution in [1.29, 1.82) is 0 Å². The lowest BCUT2D eigenvalue weighted by atomic mass is 9.82. The molecule has 0 saturated carbocycles. The molecule has 3 nitrogen and oxygen atoms in total. The van der Waals surface area contributed by atoms with Crippen molar-refractivity contribution < 1.29 is 19.4 Å². The van der Waals surface area contributed by atoms with Crippen molar-refractivity contribution in [2.24, 2.45) is 5.41 Å². The van der Waals surface area contributed by atoms with E-state index < -0.39 is 23.3 Å². The van der Waals surface area contributed by atoms with Gasteiger partial charge < -0.3 is 10.2 Å². The molecule has 0 radical (unpaired) electrons. The van der Waals surface area contributed by atoms with E-state index in [4.69, 9.17) is 5.11 Å². The SMILES string of the molecule is Cc1ccc(F)c(C(O)C(C)(C)C(=O)O)c1. The molecule has 0 spiro atoms. The number of rotatable bonds is 3. The highest BCUT2D eigenvalue weighted by atomic mass is 19.1. The maximum absolute atomic E-state index is 13.5. The van der Waals surface area contributed by atoms with E-state index in [-0.39, 0.29) is 5.56 Å². The van der Waals surface area contributed by atoms with Gasteiger partial charge >= 0.3 is 5.97 Å². The highest BCUT2D eigenvalue weighted by Gasteiger charge is 2.38. The molecule has 1 aromatic carbocycles. The van der Waals surface area contributed by atoms with Crippen LogP contribution in [-0.2, 0) is 4.79 Å². The van der Waals surface area contributed by atoms with Crippen molar-refractivity contribution in [2.45, 2.75) is 26.9 Å². The lowest BCUT2D eigenvalue weighted by molar-refractivity contribution is -0.153. The number of aliphatic carboxylic acids is 1. The predicted molar refractivity (Wildman–Crippen MR) is 57.5 cm³/mol. The van der Waals surface area contributed by atoms with E-state index >= 15 is 0 Å². The van der Waals surface area contributed by atoms with Crippen LogP contribution in [0.1, 0.15) is 31.1 Å². The predicted octanol–water partition coefficient (Wildman–Crippen LogP) is 2.28. The second-order valence-corrected chi connectivity index (χ2v) is 4.45. The summed E-state index contributed by atoms with van der Waals surface area (Å²) < 4.78 is 13.5. The first-order chi connectivity index (χ1) is 7.26. The number of aryl methyl sites for hydroxylation is 1. The first-order valence-electron chi connectivity index (χ1n) is 4.94. The van der Waals surface area contributed by atoms with E-state index in [0.29, 0.717) is 0 Å². The monoisotopic (exact) mass is 226 g/mol. The van der Waals surface area contributed by atoms with Crippen LogP contribution in [0.5, 0.6) is 0 Å². The fraction of sp³-hybridized carbons (Fsp3) is 0.417. The molecule has 0 aliphatic rings. The molecule has 0 fully saturated rings. The van der Waals surface area contributed by atoms with Gasteiger partial charge in [-0.15, -0.1) is 0 Å². The molecule has 0 aliphatic heterocycles. The van der Waals surface area contributed by atoms with Gasteiger partial charge in [0.15, 0.2) is 0 Å². The Bertz CT molecular complexity index is 413. The first kappa shape index (κ1) is 12.6. The molecule has 0 amide bonds. The zero-order chi connectivity index (χ0) is 12.5. The number of carboxylic acid groups (broad SMARTS) is 1. The molecule has 1 atom stereocenters. The van der Waals surface area contributed by atoms with Crippen molar-refractivity contribution in [3.05, 3.63) is 35.1 Å². The molecule has 16 heavy (non-hydrogen) atoms. The number of hydrogen-bond donors (Lipinski definition) is 2. The minimum absolute atomic E-state index is 0.0207. The summed E-state index contributed by atoms with van der Waals surface area (Å²) in [4.78, 5) is 10.9. The summed E-state index contributed by atoms with van der Waals surface area (Å²) >= 11 is 0. The normalized spacial score (nSPS) is 13.6. The topological polar surface area (TPSA) is 57.5 Å². The zero-order valence-electron chi connectivity index (χ0n) is 9.49. The summed E-state index contributed by atoms with van der Waals surface area (Å²) in [5, 5.41) is 18.9. The number of aliphatic hydroxyl groups is 1. The fourth-order valence-electron chi connectivity index (χ4n) is 1.38. The standard InChI is InChI=1S/C12H15FO3/c1-7-4-5-9(13)8(6-7)10(14)12(2,3)11(15)16/h4-6,10,14H,1-3H3,(H,15,16). The Morgan fingerprint density at radius 1 is 1.44 bits per heavy atom. The Morgan fingerprint density at radius 2 is 2.00 bits per heavy atom. The van der Waals surface area contributed by atoms with Gasteiger partial charge in [0.25, 0.3) is 0 Å². The second kappa shape index (κ2) is 4.22. The van der Waals surface area contributed by atoms with Gasteiger partial charge in [0.05, 0.1) is 11.5 Å². The van der Waals surface area contributed by atoms with E-state index in [0.717, 1.165) is 5.56 Å². The Morgan fingerprint density at radius 3 is 2.50 bits per heavy atom. The Kier molecular flexibility index (Phi) is 3.33. The third-order valence-corrected chi connectivity index (χ3v) is 2.68. The Labute approximate surface area is 93.5 Å². The number of halogens is 1.